The van der Waals surface area contributed by atoms with Crippen molar-refractivity contribution in [2.75, 3.05) is 13.1 Å². The minimum atomic E-state index is -0.0565. The Labute approximate surface area is 161 Å². The van der Waals surface area contributed by atoms with Crippen LogP contribution in [0.4, 0.5) is 0 Å². The standard InChI is InChI=1S/C21H30N4O2/c1-5-25-20-8-9-24(11-18(20)19(13-26)23-25)12-21(27)22-16(4)17-10-14(2)6-7-15(17)3/h6-7,10,16,26H,5,8-9,11-13H2,1-4H3,(H,22,27). The van der Waals surface area contributed by atoms with Gasteiger partial charge in [0.05, 0.1) is 24.9 Å². The zero-order valence-electron chi connectivity index (χ0n) is 16.7. The van der Waals surface area contributed by atoms with Crippen LogP contribution in [0.3, 0.4) is 0 Å². The fraction of sp³-hybridized carbons (Fsp3) is 0.524. The van der Waals surface area contributed by atoms with Gasteiger partial charge in [0.2, 0.25) is 5.91 Å². The summed E-state index contributed by atoms with van der Waals surface area (Å²) in [4.78, 5) is 14.7. The van der Waals surface area contributed by atoms with E-state index in [4.69, 9.17) is 0 Å². The lowest BCUT2D eigenvalue weighted by atomic mass is 10.00. The number of rotatable bonds is 6. The van der Waals surface area contributed by atoms with Gasteiger partial charge in [-0.15, -0.1) is 0 Å². The van der Waals surface area contributed by atoms with Gasteiger partial charge in [0, 0.05) is 37.3 Å². The Kier molecular flexibility index (Phi) is 5.97. The summed E-state index contributed by atoms with van der Waals surface area (Å²) in [5.74, 6) is 0.0280. The molecule has 0 bridgehead atoms. The van der Waals surface area contributed by atoms with Gasteiger partial charge in [0.1, 0.15) is 0 Å². The van der Waals surface area contributed by atoms with E-state index in [1.165, 1.54) is 16.8 Å². The summed E-state index contributed by atoms with van der Waals surface area (Å²) in [6.07, 6.45) is 0.857. The molecule has 27 heavy (non-hydrogen) atoms. The van der Waals surface area contributed by atoms with Gasteiger partial charge >= 0.3 is 0 Å². The fourth-order valence-corrected chi connectivity index (χ4v) is 3.94. The molecule has 6 heteroatoms. The predicted octanol–water partition coefficient (Wildman–Crippen LogP) is 2.25. The largest absolute Gasteiger partial charge is 0.390 e. The molecule has 0 saturated carbocycles. The number of nitrogens with zero attached hydrogens (tertiary/aromatic N) is 3. The Hall–Kier alpha value is -2.18. The number of benzene rings is 1. The predicted molar refractivity (Wildman–Crippen MR) is 105 cm³/mol. The van der Waals surface area contributed by atoms with Gasteiger partial charge in [-0.25, -0.2) is 0 Å². The first-order chi connectivity index (χ1) is 12.9. The second-order valence-corrected chi connectivity index (χ2v) is 7.46. The second kappa shape index (κ2) is 8.23. The molecule has 3 rings (SSSR count). The molecule has 0 aliphatic carbocycles. The third-order valence-corrected chi connectivity index (χ3v) is 5.39. The molecule has 1 unspecified atom stereocenters. The van der Waals surface area contributed by atoms with Crippen molar-refractivity contribution >= 4 is 5.91 Å². The number of aryl methyl sites for hydroxylation is 3. The molecule has 1 aromatic heterocycles. The highest BCUT2D eigenvalue weighted by molar-refractivity contribution is 5.78. The molecule has 1 aliphatic heterocycles. The summed E-state index contributed by atoms with van der Waals surface area (Å²) in [5, 5.41) is 17.2. The maximum absolute atomic E-state index is 12.6. The SMILES string of the molecule is CCn1nc(CO)c2c1CCN(CC(=O)NC(C)c1cc(C)ccc1C)C2. The van der Waals surface area contributed by atoms with Crippen molar-refractivity contribution in [1.29, 1.82) is 0 Å². The van der Waals surface area contributed by atoms with E-state index >= 15 is 0 Å². The highest BCUT2D eigenvalue weighted by Crippen LogP contribution is 2.23. The summed E-state index contributed by atoms with van der Waals surface area (Å²) >= 11 is 0. The smallest absolute Gasteiger partial charge is 0.234 e. The summed E-state index contributed by atoms with van der Waals surface area (Å²) in [5.41, 5.74) is 6.57. The number of fused-ring (bicyclic) bond motifs is 1. The van der Waals surface area contributed by atoms with E-state index < -0.39 is 0 Å². The third kappa shape index (κ3) is 4.22. The molecule has 0 spiro atoms. The maximum Gasteiger partial charge on any atom is 0.234 e. The number of carbonyl (C=O) groups excluding carboxylic acids is 1. The lowest BCUT2D eigenvalue weighted by Gasteiger charge is -2.28. The topological polar surface area (TPSA) is 70.4 Å². The third-order valence-electron chi connectivity index (χ3n) is 5.39. The quantitative estimate of drug-likeness (QED) is 0.818. The van der Waals surface area contributed by atoms with Crippen molar-refractivity contribution in [3.8, 4) is 0 Å². The van der Waals surface area contributed by atoms with Gasteiger partial charge < -0.3 is 10.4 Å². The zero-order chi connectivity index (χ0) is 19.6. The van der Waals surface area contributed by atoms with Crippen LogP contribution in [0.25, 0.3) is 0 Å². The molecule has 1 atom stereocenters. The maximum atomic E-state index is 12.6. The van der Waals surface area contributed by atoms with Gasteiger partial charge in [-0.1, -0.05) is 23.8 Å². The number of aromatic nitrogens is 2. The van der Waals surface area contributed by atoms with Crippen molar-refractivity contribution in [3.05, 3.63) is 51.8 Å². The number of carbonyl (C=O) groups is 1. The van der Waals surface area contributed by atoms with E-state index in [2.05, 4.69) is 54.3 Å². The second-order valence-electron chi connectivity index (χ2n) is 7.46. The van der Waals surface area contributed by atoms with Crippen LogP contribution in [0, 0.1) is 13.8 Å². The van der Waals surface area contributed by atoms with Crippen molar-refractivity contribution in [2.24, 2.45) is 0 Å². The average molecular weight is 370 g/mol. The van der Waals surface area contributed by atoms with Crippen LogP contribution in [0.15, 0.2) is 18.2 Å². The number of hydrogen-bond acceptors (Lipinski definition) is 4. The first-order valence-electron chi connectivity index (χ1n) is 9.70. The van der Waals surface area contributed by atoms with Crippen molar-refractivity contribution in [3.63, 3.8) is 0 Å². The van der Waals surface area contributed by atoms with Crippen molar-refractivity contribution in [2.45, 2.75) is 59.9 Å². The molecule has 2 heterocycles. The summed E-state index contributed by atoms with van der Waals surface area (Å²) in [6.45, 7) is 10.8. The molecule has 1 amide bonds. The Morgan fingerprint density at radius 3 is 2.85 bits per heavy atom. The average Bonchev–Trinajstić information content (AvgIpc) is 3.00. The molecular weight excluding hydrogens is 340 g/mol. The molecule has 2 aromatic rings. The molecule has 1 aromatic carbocycles. The highest BCUT2D eigenvalue weighted by atomic mass is 16.3. The van der Waals surface area contributed by atoms with Gasteiger partial charge in [-0.3, -0.25) is 14.4 Å². The van der Waals surface area contributed by atoms with Crippen molar-refractivity contribution < 1.29 is 9.90 Å². The number of aliphatic hydroxyl groups is 1. The van der Waals surface area contributed by atoms with E-state index in [1.807, 2.05) is 11.6 Å². The van der Waals surface area contributed by atoms with Gasteiger partial charge in [-0.2, -0.15) is 5.10 Å². The Morgan fingerprint density at radius 1 is 1.37 bits per heavy atom. The molecular formula is C21H30N4O2. The van der Waals surface area contributed by atoms with Crippen LogP contribution in [-0.2, 0) is 30.9 Å². The summed E-state index contributed by atoms with van der Waals surface area (Å²) < 4.78 is 1.97. The summed E-state index contributed by atoms with van der Waals surface area (Å²) in [7, 11) is 0. The van der Waals surface area contributed by atoms with E-state index in [9.17, 15) is 9.90 Å². The lowest BCUT2D eigenvalue weighted by Crippen LogP contribution is -2.41. The molecule has 2 N–H and O–H groups in total. The van der Waals surface area contributed by atoms with E-state index in [0.29, 0.717) is 13.1 Å². The van der Waals surface area contributed by atoms with E-state index in [0.717, 1.165) is 36.3 Å². The van der Waals surface area contributed by atoms with E-state index in [-0.39, 0.29) is 18.6 Å². The molecule has 6 nitrogen and oxygen atoms in total. The Morgan fingerprint density at radius 2 is 2.15 bits per heavy atom. The van der Waals surface area contributed by atoms with Gasteiger partial charge in [0.15, 0.2) is 0 Å². The van der Waals surface area contributed by atoms with E-state index in [1.54, 1.807) is 0 Å². The normalized spacial score (nSPS) is 15.4. The van der Waals surface area contributed by atoms with Crippen molar-refractivity contribution in [1.82, 2.24) is 20.0 Å². The number of hydrogen-bond donors (Lipinski definition) is 2. The Bertz CT molecular complexity index is 828. The highest BCUT2D eigenvalue weighted by Gasteiger charge is 2.25. The number of aliphatic hydroxyl groups excluding tert-OH is 1. The molecule has 146 valence electrons. The van der Waals surface area contributed by atoms with Crippen LogP contribution in [0.5, 0.6) is 0 Å². The minimum absolute atomic E-state index is 0.0198. The molecule has 0 saturated heterocycles. The van der Waals surface area contributed by atoms with Crippen LogP contribution in [0.2, 0.25) is 0 Å². The van der Waals surface area contributed by atoms with Gasteiger partial charge in [-0.05, 0) is 38.8 Å². The van der Waals surface area contributed by atoms with Crippen LogP contribution >= 0.6 is 0 Å². The zero-order valence-corrected chi connectivity index (χ0v) is 16.7. The lowest BCUT2D eigenvalue weighted by molar-refractivity contribution is -0.123. The number of nitrogens with one attached hydrogen (secondary N) is 1. The molecule has 0 fully saturated rings. The summed E-state index contributed by atoms with van der Waals surface area (Å²) in [6, 6.07) is 6.31. The first kappa shape index (κ1) is 19.6. The minimum Gasteiger partial charge on any atom is -0.390 e. The fourth-order valence-electron chi connectivity index (χ4n) is 3.94. The number of amides is 1. The Balaban J connectivity index is 1.64. The van der Waals surface area contributed by atoms with Gasteiger partial charge in [0.25, 0.3) is 0 Å². The van der Waals surface area contributed by atoms with Crippen LogP contribution in [-0.4, -0.2) is 38.8 Å². The molecule has 0 radical (unpaired) electrons. The first-order valence-corrected chi connectivity index (χ1v) is 9.70. The molecule has 1 aliphatic rings. The monoisotopic (exact) mass is 370 g/mol. The van der Waals surface area contributed by atoms with Crippen LogP contribution in [0.1, 0.15) is 53.5 Å². The van der Waals surface area contributed by atoms with Crippen LogP contribution < -0.4 is 5.32 Å².